The SMILES string of the molecule is CCCCNC(=O)c1ccc(CNCc2cn(-c3ccccc3)nc2C)cc1. The lowest BCUT2D eigenvalue weighted by molar-refractivity contribution is 0.0953. The van der Waals surface area contributed by atoms with Crippen molar-refractivity contribution in [1.29, 1.82) is 0 Å². The third-order valence-electron chi connectivity index (χ3n) is 4.70. The number of amides is 1. The minimum absolute atomic E-state index is 0.00286. The number of benzene rings is 2. The lowest BCUT2D eigenvalue weighted by Gasteiger charge is -2.07. The fraction of sp³-hybridized carbons (Fsp3) is 0.304. The van der Waals surface area contributed by atoms with Gasteiger partial charge in [0.25, 0.3) is 5.91 Å². The van der Waals surface area contributed by atoms with Gasteiger partial charge in [-0.25, -0.2) is 4.68 Å². The molecule has 0 aliphatic rings. The molecule has 0 spiro atoms. The molecule has 28 heavy (non-hydrogen) atoms. The van der Waals surface area contributed by atoms with Gasteiger partial charge in [-0.15, -0.1) is 0 Å². The number of rotatable bonds is 9. The monoisotopic (exact) mass is 376 g/mol. The van der Waals surface area contributed by atoms with E-state index in [0.717, 1.165) is 49.4 Å². The van der Waals surface area contributed by atoms with E-state index in [0.29, 0.717) is 5.56 Å². The second-order valence-corrected chi connectivity index (χ2v) is 6.93. The first-order valence-electron chi connectivity index (χ1n) is 9.86. The van der Waals surface area contributed by atoms with Gasteiger partial charge in [0, 0.05) is 37.0 Å². The van der Waals surface area contributed by atoms with Gasteiger partial charge in [0.05, 0.1) is 11.4 Å². The van der Waals surface area contributed by atoms with Crippen LogP contribution in [0.3, 0.4) is 0 Å². The molecule has 3 aromatic rings. The van der Waals surface area contributed by atoms with Crippen molar-refractivity contribution in [2.75, 3.05) is 6.54 Å². The van der Waals surface area contributed by atoms with Crippen LogP contribution < -0.4 is 10.6 Å². The highest BCUT2D eigenvalue weighted by molar-refractivity contribution is 5.94. The Morgan fingerprint density at radius 2 is 1.79 bits per heavy atom. The Hall–Kier alpha value is -2.92. The Kier molecular flexibility index (Phi) is 6.98. The van der Waals surface area contributed by atoms with Gasteiger partial charge in [-0.3, -0.25) is 4.79 Å². The molecule has 0 radical (unpaired) electrons. The molecule has 1 heterocycles. The second kappa shape index (κ2) is 9.85. The van der Waals surface area contributed by atoms with Gasteiger partial charge in [0.1, 0.15) is 0 Å². The standard InChI is InChI=1S/C23H28N4O/c1-3-4-14-25-23(28)20-12-10-19(11-13-20)15-24-16-21-17-27(26-18(21)2)22-8-6-5-7-9-22/h5-13,17,24H,3-4,14-16H2,1-2H3,(H,25,28). The molecule has 2 aromatic carbocycles. The topological polar surface area (TPSA) is 59.0 Å². The first-order valence-corrected chi connectivity index (χ1v) is 9.86. The van der Waals surface area contributed by atoms with Gasteiger partial charge in [0.15, 0.2) is 0 Å². The number of nitrogens with zero attached hydrogens (tertiary/aromatic N) is 2. The first kappa shape index (κ1) is 19.8. The van der Waals surface area contributed by atoms with Crippen molar-refractivity contribution in [2.45, 2.75) is 39.8 Å². The Labute approximate surface area is 166 Å². The quantitative estimate of drug-likeness (QED) is 0.555. The van der Waals surface area contributed by atoms with Crippen molar-refractivity contribution in [1.82, 2.24) is 20.4 Å². The molecule has 0 unspecified atom stereocenters. The summed E-state index contributed by atoms with van der Waals surface area (Å²) < 4.78 is 1.91. The van der Waals surface area contributed by atoms with E-state index in [-0.39, 0.29) is 5.91 Å². The number of nitrogens with one attached hydrogen (secondary N) is 2. The van der Waals surface area contributed by atoms with Crippen molar-refractivity contribution in [3.63, 3.8) is 0 Å². The Morgan fingerprint density at radius 3 is 2.50 bits per heavy atom. The van der Waals surface area contributed by atoms with Gasteiger partial charge in [-0.1, -0.05) is 43.7 Å². The molecule has 0 aliphatic heterocycles. The zero-order valence-electron chi connectivity index (χ0n) is 16.6. The first-order chi connectivity index (χ1) is 13.7. The molecular formula is C23H28N4O. The average Bonchev–Trinajstić information content (AvgIpc) is 3.10. The summed E-state index contributed by atoms with van der Waals surface area (Å²) in [5.74, 6) is -0.00286. The minimum atomic E-state index is -0.00286. The molecule has 146 valence electrons. The number of hydrogen-bond acceptors (Lipinski definition) is 3. The van der Waals surface area contributed by atoms with E-state index >= 15 is 0 Å². The molecule has 5 nitrogen and oxygen atoms in total. The molecule has 0 fully saturated rings. The van der Waals surface area contributed by atoms with Crippen LogP contribution in [0.25, 0.3) is 5.69 Å². The van der Waals surface area contributed by atoms with E-state index in [1.54, 1.807) is 0 Å². The average molecular weight is 377 g/mol. The van der Waals surface area contributed by atoms with Crippen LogP contribution in [0.15, 0.2) is 60.8 Å². The molecule has 3 rings (SSSR count). The molecule has 0 saturated heterocycles. The van der Waals surface area contributed by atoms with E-state index in [4.69, 9.17) is 0 Å². The second-order valence-electron chi connectivity index (χ2n) is 6.93. The van der Waals surface area contributed by atoms with Gasteiger partial charge < -0.3 is 10.6 Å². The Balaban J connectivity index is 1.51. The third kappa shape index (κ3) is 5.30. The largest absolute Gasteiger partial charge is 0.352 e. The van der Waals surface area contributed by atoms with E-state index in [1.807, 2.05) is 66.2 Å². The highest BCUT2D eigenvalue weighted by Crippen LogP contribution is 2.12. The Morgan fingerprint density at radius 1 is 1.04 bits per heavy atom. The van der Waals surface area contributed by atoms with Crippen LogP contribution in [0.4, 0.5) is 0 Å². The van der Waals surface area contributed by atoms with Crippen molar-refractivity contribution in [3.05, 3.63) is 83.2 Å². The van der Waals surface area contributed by atoms with Gasteiger partial charge >= 0.3 is 0 Å². The Bertz CT molecular complexity index is 885. The smallest absolute Gasteiger partial charge is 0.251 e. The van der Waals surface area contributed by atoms with Crippen LogP contribution >= 0.6 is 0 Å². The summed E-state index contributed by atoms with van der Waals surface area (Å²) in [5.41, 5.74) is 5.12. The predicted molar refractivity (Wildman–Crippen MR) is 113 cm³/mol. The minimum Gasteiger partial charge on any atom is -0.352 e. The van der Waals surface area contributed by atoms with Gasteiger partial charge in [-0.05, 0) is 43.2 Å². The summed E-state index contributed by atoms with van der Waals surface area (Å²) in [7, 11) is 0. The molecular weight excluding hydrogens is 348 g/mol. The van der Waals surface area contributed by atoms with Crippen molar-refractivity contribution < 1.29 is 4.79 Å². The van der Waals surface area contributed by atoms with Crippen LogP contribution in [-0.4, -0.2) is 22.2 Å². The highest BCUT2D eigenvalue weighted by Gasteiger charge is 2.07. The molecule has 1 amide bonds. The molecule has 0 atom stereocenters. The molecule has 0 aliphatic carbocycles. The van der Waals surface area contributed by atoms with Crippen LogP contribution in [0.1, 0.15) is 46.9 Å². The van der Waals surface area contributed by atoms with Crippen molar-refractivity contribution in [2.24, 2.45) is 0 Å². The number of unbranched alkanes of at least 4 members (excludes halogenated alkanes) is 1. The van der Waals surface area contributed by atoms with E-state index in [1.165, 1.54) is 5.56 Å². The van der Waals surface area contributed by atoms with Crippen molar-refractivity contribution in [3.8, 4) is 5.69 Å². The maximum absolute atomic E-state index is 12.1. The summed E-state index contributed by atoms with van der Waals surface area (Å²) in [4.78, 5) is 12.1. The van der Waals surface area contributed by atoms with Crippen LogP contribution in [-0.2, 0) is 13.1 Å². The molecule has 5 heteroatoms. The molecule has 2 N–H and O–H groups in total. The lowest BCUT2D eigenvalue weighted by atomic mass is 10.1. The summed E-state index contributed by atoms with van der Waals surface area (Å²) in [5, 5.41) is 11.0. The molecule has 0 bridgehead atoms. The normalized spacial score (nSPS) is 10.8. The van der Waals surface area contributed by atoms with E-state index in [2.05, 4.69) is 28.9 Å². The maximum atomic E-state index is 12.1. The number of hydrogen-bond donors (Lipinski definition) is 2. The van der Waals surface area contributed by atoms with Crippen LogP contribution in [0.2, 0.25) is 0 Å². The van der Waals surface area contributed by atoms with Gasteiger partial charge in [0.2, 0.25) is 0 Å². The summed E-state index contributed by atoms with van der Waals surface area (Å²) in [6.07, 6.45) is 4.16. The predicted octanol–water partition coefficient (Wildman–Crippen LogP) is 4.00. The number of aryl methyl sites for hydroxylation is 1. The van der Waals surface area contributed by atoms with Crippen molar-refractivity contribution >= 4 is 5.91 Å². The fourth-order valence-electron chi connectivity index (χ4n) is 2.98. The number of aromatic nitrogens is 2. The van der Waals surface area contributed by atoms with E-state index < -0.39 is 0 Å². The number of carbonyl (C=O) groups is 1. The van der Waals surface area contributed by atoms with Gasteiger partial charge in [-0.2, -0.15) is 5.10 Å². The third-order valence-corrected chi connectivity index (χ3v) is 4.70. The summed E-state index contributed by atoms with van der Waals surface area (Å²) >= 11 is 0. The zero-order chi connectivity index (χ0) is 19.8. The zero-order valence-corrected chi connectivity index (χ0v) is 16.6. The highest BCUT2D eigenvalue weighted by atomic mass is 16.1. The summed E-state index contributed by atoms with van der Waals surface area (Å²) in [6.45, 7) is 6.37. The van der Waals surface area contributed by atoms with E-state index in [9.17, 15) is 4.79 Å². The van der Waals surface area contributed by atoms with Crippen LogP contribution in [0, 0.1) is 6.92 Å². The number of para-hydroxylation sites is 1. The lowest BCUT2D eigenvalue weighted by Crippen LogP contribution is -2.24. The molecule has 1 aromatic heterocycles. The maximum Gasteiger partial charge on any atom is 0.251 e. The number of carbonyl (C=O) groups excluding carboxylic acids is 1. The van der Waals surface area contributed by atoms with Crippen LogP contribution in [0.5, 0.6) is 0 Å². The summed E-state index contributed by atoms with van der Waals surface area (Å²) in [6, 6.07) is 17.9. The fourth-order valence-corrected chi connectivity index (χ4v) is 2.98. The molecule has 0 saturated carbocycles.